The van der Waals surface area contributed by atoms with Crippen molar-refractivity contribution in [1.29, 1.82) is 0 Å². The molecule has 18 heavy (non-hydrogen) atoms. The maximum atomic E-state index is 8.98. The van der Waals surface area contributed by atoms with Crippen LogP contribution in [0, 0.1) is 0 Å². The van der Waals surface area contributed by atoms with Crippen molar-refractivity contribution in [3.63, 3.8) is 0 Å². The van der Waals surface area contributed by atoms with Crippen LogP contribution >= 0.6 is 0 Å². The van der Waals surface area contributed by atoms with Crippen molar-refractivity contribution in [3.05, 3.63) is 35.9 Å². The van der Waals surface area contributed by atoms with Crippen LogP contribution in [0.5, 0.6) is 0 Å². The molecule has 102 valence electrons. The van der Waals surface area contributed by atoms with Crippen LogP contribution in [0.3, 0.4) is 0 Å². The molecule has 0 amide bonds. The highest BCUT2D eigenvalue weighted by atomic mass is 16.7. The van der Waals surface area contributed by atoms with E-state index in [-0.39, 0.29) is 6.79 Å². The molecule has 0 saturated heterocycles. The Morgan fingerprint density at radius 1 is 1.06 bits per heavy atom. The highest BCUT2D eigenvalue weighted by molar-refractivity contribution is 5.13. The van der Waals surface area contributed by atoms with Gasteiger partial charge in [0.15, 0.2) is 0 Å². The Morgan fingerprint density at radius 2 is 1.78 bits per heavy atom. The van der Waals surface area contributed by atoms with Crippen molar-refractivity contribution < 1.29 is 14.7 Å². The van der Waals surface area contributed by atoms with Crippen molar-refractivity contribution in [1.82, 2.24) is 9.96 Å². The van der Waals surface area contributed by atoms with Crippen LogP contribution in [-0.2, 0) is 16.1 Å². The molecule has 1 N–H and O–H groups in total. The maximum Gasteiger partial charge on any atom is 0.148 e. The average molecular weight is 254 g/mol. The fourth-order valence-electron chi connectivity index (χ4n) is 1.37. The minimum absolute atomic E-state index is 0.272. The van der Waals surface area contributed by atoms with Crippen LogP contribution in [0.25, 0.3) is 0 Å². The van der Waals surface area contributed by atoms with E-state index in [9.17, 15) is 0 Å². The zero-order valence-corrected chi connectivity index (χ0v) is 11.1. The Hall–Kier alpha value is -0.980. The summed E-state index contributed by atoms with van der Waals surface area (Å²) in [6.45, 7) is 2.65. The second-order valence-electron chi connectivity index (χ2n) is 4.25. The van der Waals surface area contributed by atoms with Gasteiger partial charge in [-0.25, -0.2) is 0 Å². The van der Waals surface area contributed by atoms with E-state index in [2.05, 4.69) is 0 Å². The summed E-state index contributed by atoms with van der Waals surface area (Å²) in [7, 11) is 3.55. The van der Waals surface area contributed by atoms with Crippen molar-refractivity contribution in [2.45, 2.75) is 6.61 Å². The maximum absolute atomic E-state index is 8.98. The molecular weight excluding hydrogens is 232 g/mol. The van der Waals surface area contributed by atoms with Gasteiger partial charge in [-0.2, -0.15) is 5.06 Å². The lowest BCUT2D eigenvalue weighted by molar-refractivity contribution is -0.103. The largest absolute Gasteiger partial charge is 0.351 e. The van der Waals surface area contributed by atoms with E-state index < -0.39 is 0 Å². The molecule has 0 radical (unpaired) electrons. The van der Waals surface area contributed by atoms with Crippen LogP contribution in [0.15, 0.2) is 30.3 Å². The van der Waals surface area contributed by atoms with Gasteiger partial charge in [-0.15, -0.1) is 0 Å². The summed E-state index contributed by atoms with van der Waals surface area (Å²) in [5, 5.41) is 10.1. The van der Waals surface area contributed by atoms with E-state index in [1.54, 1.807) is 7.05 Å². The Kier molecular flexibility index (Phi) is 7.55. The smallest absolute Gasteiger partial charge is 0.148 e. The number of hydroxylamine groups is 2. The Labute approximate surface area is 108 Å². The fraction of sp³-hybridized carbons (Fsp3) is 0.538. The van der Waals surface area contributed by atoms with Gasteiger partial charge in [-0.3, -0.25) is 4.90 Å². The van der Waals surface area contributed by atoms with Crippen LogP contribution in [0.4, 0.5) is 0 Å². The third-order valence-corrected chi connectivity index (χ3v) is 2.40. The van der Waals surface area contributed by atoms with E-state index in [0.717, 1.165) is 17.2 Å². The standard InChI is InChI=1S/C13H22N2O3/c1-14(8-9-15(2)16)11-18-12-17-10-13-6-4-3-5-7-13/h3-7,16H,8-12H2,1-2H3. The van der Waals surface area contributed by atoms with E-state index in [1.165, 1.54) is 0 Å². The lowest BCUT2D eigenvalue weighted by Gasteiger charge is -2.18. The van der Waals surface area contributed by atoms with E-state index >= 15 is 0 Å². The summed E-state index contributed by atoms with van der Waals surface area (Å²) >= 11 is 0. The summed E-state index contributed by atoms with van der Waals surface area (Å²) in [6, 6.07) is 9.98. The van der Waals surface area contributed by atoms with Gasteiger partial charge in [0.25, 0.3) is 0 Å². The lowest BCUT2D eigenvalue weighted by atomic mass is 10.2. The van der Waals surface area contributed by atoms with Gasteiger partial charge >= 0.3 is 0 Å². The normalized spacial score (nSPS) is 11.4. The van der Waals surface area contributed by atoms with Crippen molar-refractivity contribution >= 4 is 0 Å². The second-order valence-corrected chi connectivity index (χ2v) is 4.25. The monoisotopic (exact) mass is 254 g/mol. The average Bonchev–Trinajstić information content (AvgIpc) is 2.37. The molecule has 0 aromatic heterocycles. The molecule has 0 atom stereocenters. The molecule has 5 nitrogen and oxygen atoms in total. The number of rotatable bonds is 9. The highest BCUT2D eigenvalue weighted by Gasteiger charge is 1.99. The van der Waals surface area contributed by atoms with Crippen molar-refractivity contribution in [2.75, 3.05) is 40.7 Å². The molecule has 0 fully saturated rings. The van der Waals surface area contributed by atoms with Gasteiger partial charge in [0.2, 0.25) is 0 Å². The first-order valence-electron chi connectivity index (χ1n) is 5.96. The summed E-state index contributed by atoms with van der Waals surface area (Å²) < 4.78 is 10.7. The number of hydrogen-bond donors (Lipinski definition) is 1. The predicted octanol–water partition coefficient (Wildman–Crippen LogP) is 1.39. The molecule has 0 spiro atoms. The van der Waals surface area contributed by atoms with E-state index in [0.29, 0.717) is 19.9 Å². The Morgan fingerprint density at radius 3 is 2.44 bits per heavy atom. The summed E-state index contributed by atoms with van der Waals surface area (Å²) in [4.78, 5) is 1.97. The second kappa shape index (κ2) is 9.02. The topological polar surface area (TPSA) is 45.2 Å². The third kappa shape index (κ3) is 7.37. The van der Waals surface area contributed by atoms with Crippen LogP contribution < -0.4 is 0 Å². The Bertz CT molecular complexity index is 306. The van der Waals surface area contributed by atoms with Gasteiger partial charge in [-0.05, 0) is 12.6 Å². The van der Waals surface area contributed by atoms with Gasteiger partial charge in [0.05, 0.1) is 6.61 Å². The summed E-state index contributed by atoms with van der Waals surface area (Å²) in [6.07, 6.45) is 0. The number of ether oxygens (including phenoxy) is 2. The van der Waals surface area contributed by atoms with E-state index in [1.807, 2.05) is 42.3 Å². The number of nitrogens with zero attached hydrogens (tertiary/aromatic N) is 2. The molecule has 1 rings (SSSR count). The minimum atomic E-state index is 0.272. The third-order valence-electron chi connectivity index (χ3n) is 2.40. The molecule has 0 heterocycles. The highest BCUT2D eigenvalue weighted by Crippen LogP contribution is 2.00. The number of benzene rings is 1. The zero-order chi connectivity index (χ0) is 13.2. The van der Waals surface area contributed by atoms with Crippen LogP contribution in [0.2, 0.25) is 0 Å². The van der Waals surface area contributed by atoms with Crippen LogP contribution in [0.1, 0.15) is 5.56 Å². The SMILES string of the molecule is CN(O)CCN(C)COCOCc1ccccc1. The van der Waals surface area contributed by atoms with Gasteiger partial charge in [0.1, 0.15) is 13.5 Å². The molecular formula is C13H22N2O3. The predicted molar refractivity (Wildman–Crippen MR) is 69.1 cm³/mol. The molecule has 5 heteroatoms. The van der Waals surface area contributed by atoms with Crippen molar-refractivity contribution in [2.24, 2.45) is 0 Å². The van der Waals surface area contributed by atoms with Crippen molar-refractivity contribution in [3.8, 4) is 0 Å². The van der Waals surface area contributed by atoms with Gasteiger partial charge in [0, 0.05) is 20.1 Å². The quantitative estimate of drug-likeness (QED) is 0.410. The minimum Gasteiger partial charge on any atom is -0.351 e. The Balaban J connectivity index is 1.98. The summed E-state index contributed by atoms with van der Waals surface area (Å²) in [5.74, 6) is 0. The number of hydrogen-bond acceptors (Lipinski definition) is 5. The molecule has 0 aliphatic heterocycles. The molecule has 0 aliphatic rings. The summed E-state index contributed by atoms with van der Waals surface area (Å²) in [5.41, 5.74) is 1.14. The van der Waals surface area contributed by atoms with Gasteiger partial charge < -0.3 is 14.7 Å². The molecule has 1 aromatic rings. The molecule has 0 unspecified atom stereocenters. The first kappa shape index (κ1) is 15.1. The molecule has 1 aromatic carbocycles. The zero-order valence-electron chi connectivity index (χ0n) is 11.1. The van der Waals surface area contributed by atoms with Gasteiger partial charge in [-0.1, -0.05) is 30.3 Å². The molecule has 0 bridgehead atoms. The first-order chi connectivity index (χ1) is 8.68. The number of likely N-dealkylation sites (N-methyl/N-ethyl adjacent to an activating group) is 2. The van der Waals surface area contributed by atoms with Crippen LogP contribution in [-0.4, -0.2) is 55.9 Å². The molecule has 0 aliphatic carbocycles. The fourth-order valence-corrected chi connectivity index (χ4v) is 1.37. The van der Waals surface area contributed by atoms with E-state index in [4.69, 9.17) is 14.7 Å². The first-order valence-corrected chi connectivity index (χ1v) is 5.96. The molecule has 0 saturated carbocycles. The lowest BCUT2D eigenvalue weighted by Crippen LogP contribution is -2.30.